The SMILES string of the molecule is CSCC(N)c1noc(CNS(=O)(=O)NC(C)C(C)O)n1. The van der Waals surface area contributed by atoms with Crippen LogP contribution in [0.15, 0.2) is 4.52 Å². The van der Waals surface area contributed by atoms with Gasteiger partial charge in [-0.3, -0.25) is 0 Å². The van der Waals surface area contributed by atoms with E-state index in [-0.39, 0.29) is 18.5 Å². The topological polar surface area (TPSA) is 143 Å². The number of aromatic nitrogens is 2. The van der Waals surface area contributed by atoms with Crippen molar-refractivity contribution in [1.29, 1.82) is 0 Å². The summed E-state index contributed by atoms with van der Waals surface area (Å²) in [4.78, 5) is 4.03. The van der Waals surface area contributed by atoms with Crippen molar-refractivity contribution in [2.45, 2.75) is 38.6 Å². The van der Waals surface area contributed by atoms with Gasteiger partial charge in [-0.05, 0) is 20.1 Å². The minimum Gasteiger partial charge on any atom is -0.392 e. The molecule has 0 bridgehead atoms. The fourth-order valence-corrected chi connectivity index (χ4v) is 2.88. The fraction of sp³-hybridized carbons (Fsp3) is 0.800. The molecule has 21 heavy (non-hydrogen) atoms. The second-order valence-corrected chi connectivity index (χ2v) is 7.02. The van der Waals surface area contributed by atoms with E-state index >= 15 is 0 Å². The lowest BCUT2D eigenvalue weighted by Crippen LogP contribution is -2.45. The maximum absolute atomic E-state index is 11.7. The zero-order valence-electron chi connectivity index (χ0n) is 12.1. The first-order valence-corrected chi connectivity index (χ1v) is 9.15. The number of nitrogens with two attached hydrogens (primary N) is 1. The highest BCUT2D eigenvalue weighted by Gasteiger charge is 2.19. The number of nitrogens with one attached hydrogen (secondary N) is 2. The van der Waals surface area contributed by atoms with E-state index in [9.17, 15) is 13.5 Å². The zero-order valence-corrected chi connectivity index (χ0v) is 13.7. The summed E-state index contributed by atoms with van der Waals surface area (Å²) in [5.74, 6) is 1.10. The number of nitrogens with zero attached hydrogens (tertiary/aromatic N) is 2. The van der Waals surface area contributed by atoms with Crippen molar-refractivity contribution in [1.82, 2.24) is 19.6 Å². The van der Waals surface area contributed by atoms with E-state index in [1.54, 1.807) is 18.7 Å². The summed E-state index contributed by atoms with van der Waals surface area (Å²) in [5.41, 5.74) is 5.82. The summed E-state index contributed by atoms with van der Waals surface area (Å²) >= 11 is 1.55. The van der Waals surface area contributed by atoms with Gasteiger partial charge in [0.15, 0.2) is 5.82 Å². The predicted octanol–water partition coefficient (Wildman–Crippen LogP) is -0.874. The summed E-state index contributed by atoms with van der Waals surface area (Å²) in [6.07, 6.45) is 1.10. The summed E-state index contributed by atoms with van der Waals surface area (Å²) in [5, 5.41) is 13.0. The summed E-state index contributed by atoms with van der Waals surface area (Å²) in [6, 6.07) is -0.974. The van der Waals surface area contributed by atoms with Gasteiger partial charge in [0, 0.05) is 11.8 Å². The second-order valence-electron chi connectivity index (χ2n) is 4.58. The molecule has 3 unspecified atom stereocenters. The maximum atomic E-state index is 11.7. The third kappa shape index (κ3) is 6.28. The Labute approximate surface area is 128 Å². The first-order chi connectivity index (χ1) is 9.75. The number of thioether (sulfide) groups is 1. The minimum absolute atomic E-state index is 0.122. The van der Waals surface area contributed by atoms with E-state index in [0.29, 0.717) is 11.6 Å². The van der Waals surface area contributed by atoms with Gasteiger partial charge in [-0.2, -0.15) is 34.6 Å². The molecule has 11 heteroatoms. The van der Waals surface area contributed by atoms with Crippen LogP contribution >= 0.6 is 11.8 Å². The zero-order chi connectivity index (χ0) is 16.0. The van der Waals surface area contributed by atoms with Gasteiger partial charge < -0.3 is 15.4 Å². The lowest BCUT2D eigenvalue weighted by atomic mass is 10.2. The summed E-state index contributed by atoms with van der Waals surface area (Å²) in [6.45, 7) is 2.89. The van der Waals surface area contributed by atoms with Crippen LogP contribution in [0.5, 0.6) is 0 Å². The Morgan fingerprint density at radius 2 is 2.14 bits per heavy atom. The van der Waals surface area contributed by atoms with Crippen LogP contribution in [0.3, 0.4) is 0 Å². The van der Waals surface area contributed by atoms with Crippen LogP contribution in [0, 0.1) is 0 Å². The van der Waals surface area contributed by atoms with Crippen LogP contribution in [0.2, 0.25) is 0 Å². The van der Waals surface area contributed by atoms with Gasteiger partial charge in [0.1, 0.15) is 0 Å². The lowest BCUT2D eigenvalue weighted by Gasteiger charge is -2.16. The van der Waals surface area contributed by atoms with Gasteiger partial charge >= 0.3 is 0 Å². The first-order valence-electron chi connectivity index (χ1n) is 6.27. The van der Waals surface area contributed by atoms with Gasteiger partial charge in [-0.25, -0.2) is 0 Å². The number of hydrogen-bond donors (Lipinski definition) is 4. The van der Waals surface area contributed by atoms with Crippen LogP contribution in [-0.4, -0.2) is 47.8 Å². The standard InChI is InChI=1S/C10H21N5O4S2/c1-6(7(2)16)15-21(17,18)12-4-9-13-10(14-19-9)8(11)5-20-3/h6-8,12,15-16H,4-5,11H2,1-3H3. The Kier molecular flexibility index (Phi) is 7.03. The molecular weight excluding hydrogens is 318 g/mol. The molecule has 1 aromatic heterocycles. The molecule has 9 nitrogen and oxygen atoms in total. The smallest absolute Gasteiger partial charge is 0.277 e. The van der Waals surface area contributed by atoms with E-state index < -0.39 is 22.4 Å². The third-order valence-corrected chi connectivity index (χ3v) is 4.54. The van der Waals surface area contributed by atoms with Gasteiger partial charge in [-0.15, -0.1) is 0 Å². The maximum Gasteiger partial charge on any atom is 0.277 e. The Balaban J connectivity index is 2.55. The average Bonchev–Trinajstić information content (AvgIpc) is 2.85. The van der Waals surface area contributed by atoms with Crippen molar-refractivity contribution in [2.75, 3.05) is 12.0 Å². The van der Waals surface area contributed by atoms with Crippen molar-refractivity contribution < 1.29 is 18.0 Å². The van der Waals surface area contributed by atoms with E-state index in [2.05, 4.69) is 19.6 Å². The van der Waals surface area contributed by atoms with E-state index in [0.717, 1.165) is 0 Å². The molecule has 0 saturated heterocycles. The molecule has 1 aromatic rings. The first kappa shape index (κ1) is 18.3. The van der Waals surface area contributed by atoms with Gasteiger partial charge in [-0.1, -0.05) is 5.16 Å². The van der Waals surface area contributed by atoms with Crippen molar-refractivity contribution in [3.05, 3.63) is 11.7 Å². The highest BCUT2D eigenvalue weighted by Crippen LogP contribution is 2.11. The van der Waals surface area contributed by atoms with Crippen molar-refractivity contribution >= 4 is 22.0 Å². The van der Waals surface area contributed by atoms with Crippen molar-refractivity contribution in [3.8, 4) is 0 Å². The van der Waals surface area contributed by atoms with Crippen molar-refractivity contribution in [2.24, 2.45) is 5.73 Å². The number of rotatable bonds is 9. The average molecular weight is 339 g/mol. The summed E-state index contributed by atoms with van der Waals surface area (Å²) < 4.78 is 32.9. The minimum atomic E-state index is -3.77. The molecule has 122 valence electrons. The molecule has 0 aliphatic rings. The normalized spacial score (nSPS) is 16.6. The second kappa shape index (κ2) is 8.06. The predicted molar refractivity (Wildman–Crippen MR) is 79.6 cm³/mol. The molecule has 0 aromatic carbocycles. The van der Waals surface area contributed by atoms with Gasteiger partial charge in [0.25, 0.3) is 10.2 Å². The molecule has 0 spiro atoms. The Bertz CT molecular complexity index is 533. The number of aliphatic hydroxyl groups is 1. The summed E-state index contributed by atoms with van der Waals surface area (Å²) in [7, 11) is -3.77. The van der Waals surface area contributed by atoms with E-state index in [1.807, 2.05) is 6.26 Å². The molecule has 0 saturated carbocycles. The van der Waals surface area contributed by atoms with Crippen molar-refractivity contribution in [3.63, 3.8) is 0 Å². The Morgan fingerprint density at radius 1 is 1.48 bits per heavy atom. The quantitative estimate of drug-likeness (QED) is 0.454. The van der Waals surface area contributed by atoms with E-state index in [4.69, 9.17) is 10.3 Å². The van der Waals surface area contributed by atoms with Crippen LogP contribution in [0.1, 0.15) is 31.6 Å². The molecule has 3 atom stereocenters. The number of hydrogen-bond acceptors (Lipinski definition) is 8. The Hall–Kier alpha value is -0.720. The molecule has 0 radical (unpaired) electrons. The molecule has 1 rings (SSSR count). The number of aliphatic hydroxyl groups excluding tert-OH is 1. The highest BCUT2D eigenvalue weighted by atomic mass is 32.2. The molecule has 0 amide bonds. The molecular formula is C10H21N5O4S2. The van der Waals surface area contributed by atoms with Gasteiger partial charge in [0.05, 0.1) is 18.7 Å². The third-order valence-electron chi connectivity index (χ3n) is 2.64. The molecule has 1 heterocycles. The molecule has 0 fully saturated rings. The van der Waals surface area contributed by atoms with E-state index in [1.165, 1.54) is 6.92 Å². The van der Waals surface area contributed by atoms with Crippen LogP contribution in [0.25, 0.3) is 0 Å². The van der Waals surface area contributed by atoms with Crippen LogP contribution < -0.4 is 15.2 Å². The monoisotopic (exact) mass is 339 g/mol. The Morgan fingerprint density at radius 3 is 2.71 bits per heavy atom. The van der Waals surface area contributed by atoms with Crippen LogP contribution in [-0.2, 0) is 16.8 Å². The fourth-order valence-electron chi connectivity index (χ4n) is 1.29. The highest BCUT2D eigenvalue weighted by molar-refractivity contribution is 7.98. The molecule has 0 aliphatic heterocycles. The molecule has 0 aliphatic carbocycles. The largest absolute Gasteiger partial charge is 0.392 e. The van der Waals surface area contributed by atoms with Gasteiger partial charge in [0.2, 0.25) is 5.89 Å². The molecule has 5 N–H and O–H groups in total. The lowest BCUT2D eigenvalue weighted by molar-refractivity contribution is 0.163. The van der Waals surface area contributed by atoms with Crippen LogP contribution in [0.4, 0.5) is 0 Å².